The van der Waals surface area contributed by atoms with Crippen LogP contribution in [0, 0.1) is 51.2 Å². The van der Waals surface area contributed by atoms with E-state index < -0.39 is 22.7 Å². The van der Waals surface area contributed by atoms with Gasteiger partial charge in [-0.25, -0.2) is 0 Å². The summed E-state index contributed by atoms with van der Waals surface area (Å²) in [5.41, 5.74) is 10.7. The maximum Gasteiger partial charge on any atom is 0.194 e. The van der Waals surface area contributed by atoms with Crippen LogP contribution in [0.25, 0.3) is 65.4 Å². The van der Waals surface area contributed by atoms with Crippen LogP contribution in [-0.2, 0) is 10.8 Å². The van der Waals surface area contributed by atoms with Gasteiger partial charge in [0.2, 0.25) is 0 Å². The number of carbonyl (C=O) groups excluding carboxylic acids is 2. The molecule has 694 valence electrons. The molecule has 4 aliphatic rings. The Morgan fingerprint density at radius 2 is 0.634 bits per heavy atom. The molecule has 0 saturated carbocycles. The van der Waals surface area contributed by atoms with E-state index >= 15 is 0 Å². The Morgan fingerprint density at radius 3 is 0.970 bits per heavy atom. The number of carbonyl (C=O) groups is 2. The van der Waals surface area contributed by atoms with E-state index in [9.17, 15) is 30.6 Å². The van der Waals surface area contributed by atoms with E-state index in [4.69, 9.17) is 18.9 Å². The summed E-state index contributed by atoms with van der Waals surface area (Å²) in [5.74, 6) is 1.17. The number of fused-ring (bicyclic) bond motifs is 15. The van der Waals surface area contributed by atoms with Gasteiger partial charge in [-0.05, 0) is 132 Å². The molecule has 134 heavy (non-hydrogen) atoms. The highest BCUT2D eigenvalue weighted by molar-refractivity contribution is 7.37. The Balaban J connectivity index is 0.862. The number of unbranched alkanes of at least 4 members (excludes halogenated alkanes) is 36. The van der Waals surface area contributed by atoms with E-state index in [1.54, 1.807) is 40.1 Å². The summed E-state index contributed by atoms with van der Waals surface area (Å²) in [6, 6.07) is 64.3. The third-order valence-corrected chi connectivity index (χ3v) is 35.8. The molecule has 0 fully saturated rings. The maximum atomic E-state index is 14.9. The fraction of sp³-hybridized carbons (Fsp3) is 0.441. The highest BCUT2D eigenvalue weighted by Gasteiger charge is 2.57. The fourth-order valence-electron chi connectivity index (χ4n) is 21.2. The normalized spacial score (nSPS) is 14.8. The lowest BCUT2D eigenvalue weighted by atomic mass is 9.67. The van der Waals surface area contributed by atoms with Crippen molar-refractivity contribution >= 4 is 126 Å². The van der Waals surface area contributed by atoms with Gasteiger partial charge in [0.25, 0.3) is 0 Å². The lowest BCUT2D eigenvalue weighted by molar-refractivity contribution is 0.103. The van der Waals surface area contributed by atoms with Gasteiger partial charge in [-0.2, -0.15) is 21.0 Å². The molecule has 6 heterocycles. The molecule has 6 aromatic carbocycles. The summed E-state index contributed by atoms with van der Waals surface area (Å²) in [4.78, 5) is 36.3. The molecule has 16 heteroatoms. The molecule has 12 aromatic rings. The van der Waals surface area contributed by atoms with Crippen molar-refractivity contribution in [2.75, 3.05) is 26.4 Å². The Kier molecular flexibility index (Phi) is 34.5. The average Bonchev–Trinajstić information content (AvgIpc) is 1.47. The summed E-state index contributed by atoms with van der Waals surface area (Å²) >= 11 is 10.8. The van der Waals surface area contributed by atoms with Gasteiger partial charge >= 0.3 is 0 Å². The topological polar surface area (TPSA) is 166 Å². The van der Waals surface area contributed by atoms with Gasteiger partial charge in [-0.15, -0.1) is 68.0 Å². The van der Waals surface area contributed by atoms with Crippen molar-refractivity contribution in [2.24, 2.45) is 5.92 Å². The zero-order valence-corrected chi connectivity index (χ0v) is 84.0. The largest absolute Gasteiger partial charge is 0.494 e. The third kappa shape index (κ3) is 21.0. The number of nitriles is 4. The molecule has 1 unspecified atom stereocenters. The molecule has 4 aliphatic carbocycles. The molecule has 6 aromatic heterocycles. The summed E-state index contributed by atoms with van der Waals surface area (Å²) in [7, 11) is 0. The molecule has 0 amide bonds. The molecule has 0 aliphatic heterocycles. The van der Waals surface area contributed by atoms with E-state index in [1.165, 1.54) is 257 Å². The molecular formula is C118H130N4O6S6. The lowest BCUT2D eigenvalue weighted by Crippen LogP contribution is -2.29. The molecule has 0 bridgehead atoms. The summed E-state index contributed by atoms with van der Waals surface area (Å²) in [6.45, 7) is 11.6. The van der Waals surface area contributed by atoms with Crippen molar-refractivity contribution in [1.29, 1.82) is 21.0 Å². The molecular weight excluding hydrogens is 1760 g/mol. The lowest BCUT2D eigenvalue weighted by Gasteiger charge is -2.34. The van der Waals surface area contributed by atoms with Crippen LogP contribution in [-0.4, -0.2) is 38.0 Å². The van der Waals surface area contributed by atoms with Crippen molar-refractivity contribution in [3.63, 3.8) is 0 Å². The molecule has 10 nitrogen and oxygen atoms in total. The Bertz CT molecular complexity index is 6120. The first-order chi connectivity index (χ1) is 66.1. The van der Waals surface area contributed by atoms with Crippen LogP contribution in [0.15, 0.2) is 174 Å². The minimum absolute atomic E-state index is 0.0938. The smallest absolute Gasteiger partial charge is 0.194 e. The van der Waals surface area contributed by atoms with Gasteiger partial charge in [0.1, 0.15) is 46.6 Å². The Hall–Kier alpha value is -9.98. The molecule has 16 rings (SSSR count). The second-order valence-corrected chi connectivity index (χ2v) is 43.7. The van der Waals surface area contributed by atoms with Gasteiger partial charge in [0.05, 0.1) is 87.7 Å². The van der Waals surface area contributed by atoms with Crippen LogP contribution < -0.4 is 18.9 Å². The number of hydrogen-bond donors (Lipinski definition) is 0. The maximum absolute atomic E-state index is 14.9. The summed E-state index contributed by atoms with van der Waals surface area (Å²) < 4.78 is 34.0. The van der Waals surface area contributed by atoms with Crippen molar-refractivity contribution in [3.05, 3.63) is 251 Å². The number of benzene rings is 6. The van der Waals surface area contributed by atoms with Crippen LogP contribution in [0.5, 0.6) is 23.0 Å². The quantitative estimate of drug-likeness (QED) is 0.0203. The molecule has 0 N–H and O–H groups in total. The Labute approximate surface area is 819 Å². The molecule has 0 radical (unpaired) electrons. The van der Waals surface area contributed by atoms with Gasteiger partial charge in [0.15, 0.2) is 11.6 Å². The predicted octanol–water partition coefficient (Wildman–Crippen LogP) is 35.5. The van der Waals surface area contributed by atoms with E-state index in [2.05, 4.69) is 161 Å². The summed E-state index contributed by atoms with van der Waals surface area (Å²) in [5, 5.41) is 42.4. The fourth-order valence-corrected chi connectivity index (χ4v) is 30.0. The van der Waals surface area contributed by atoms with E-state index in [0.717, 1.165) is 125 Å². The number of ether oxygens (including phenoxy) is 4. The van der Waals surface area contributed by atoms with Crippen LogP contribution in [0.2, 0.25) is 0 Å². The van der Waals surface area contributed by atoms with Crippen molar-refractivity contribution in [2.45, 2.75) is 301 Å². The van der Waals surface area contributed by atoms with Crippen LogP contribution in [0.4, 0.5) is 0 Å². The van der Waals surface area contributed by atoms with Crippen LogP contribution >= 0.6 is 68.0 Å². The molecule has 0 spiro atoms. The number of allylic oxidation sites excluding steroid dienone is 4. The zero-order valence-electron chi connectivity index (χ0n) is 79.1. The Morgan fingerprint density at radius 1 is 0.336 bits per heavy atom. The highest BCUT2D eigenvalue weighted by Crippen LogP contribution is 2.73. The molecule has 0 saturated heterocycles. The second-order valence-electron chi connectivity index (χ2n) is 37.4. The van der Waals surface area contributed by atoms with Crippen molar-refractivity contribution in [3.8, 4) is 66.8 Å². The van der Waals surface area contributed by atoms with Gasteiger partial charge in [0, 0.05) is 75.2 Å². The average molecular weight is 1890 g/mol. The number of nitrogens with zero attached hydrogens (tertiary/aromatic N) is 4. The SMILES string of the molecule is CCCCCCCCCCCCOc1ccc(C2(c3ccc(OCCCCCCCCCCCC)cc3)c3c(sc4cc(/C=C5\C(=O)c6ccccc6C5=C(C#N)C#N)sc34)-c3sc4c5c(sc4c32)-c2sc3cc(/C=C4\C(=O)c6ccccc6C4C(C#N)C#N)sc3c2C5(c2ccc(OCCCCCCCCCCCC)cc2)c2ccc(OCCCCCCCCCCCC)cc2)cc1. The van der Waals surface area contributed by atoms with E-state index in [1.807, 2.05) is 88.6 Å². The number of hydrogen-bond acceptors (Lipinski definition) is 16. The summed E-state index contributed by atoms with van der Waals surface area (Å²) in [6.07, 6.45) is 53.6. The van der Waals surface area contributed by atoms with Crippen molar-refractivity contribution in [1.82, 2.24) is 0 Å². The van der Waals surface area contributed by atoms with E-state index in [-0.39, 0.29) is 17.1 Å². The zero-order chi connectivity index (χ0) is 92.6. The predicted molar refractivity (Wildman–Crippen MR) is 563 cm³/mol. The number of rotatable bonds is 55. The number of ketones is 2. The first-order valence-corrected chi connectivity index (χ1v) is 55.7. The molecule has 1 atom stereocenters. The minimum Gasteiger partial charge on any atom is -0.494 e. The third-order valence-electron chi connectivity index (χ3n) is 28.2. The van der Waals surface area contributed by atoms with Crippen LogP contribution in [0.1, 0.15) is 377 Å². The first-order valence-electron chi connectivity index (χ1n) is 50.8. The van der Waals surface area contributed by atoms with Gasteiger partial charge < -0.3 is 18.9 Å². The highest BCUT2D eigenvalue weighted by atomic mass is 32.1. The first kappa shape index (κ1) is 97.1. The van der Waals surface area contributed by atoms with Crippen molar-refractivity contribution < 1.29 is 28.5 Å². The second kappa shape index (κ2) is 47.7. The number of Topliss-reactive ketones (excluding diaryl/α,β-unsaturated/α-hetero) is 2. The van der Waals surface area contributed by atoms with Gasteiger partial charge in [-0.3, -0.25) is 9.59 Å². The minimum atomic E-state index is -1.07. The standard InChI is InChI=1S/C118H130N4O6S6/c1-5-9-13-17-21-25-29-33-37-45-69-125-87-61-53-83(54-62-87)117(84-55-63-88(64-56-84)126-70-46-38-34-30-26-22-18-14-10-6-2)103-109-99(75-91(129-109)73-97-101(81(77-119)78-120)93-49-41-43-51-95(93)107(97)123)131-111(103)113-105(117)115-116(133-113)106-114(134-115)112-104(110-100(132-112)76-92(130-110)74-98-102(82(79-121)80-122)94-50-42-44-52-96(94)108(98)124)118(106,85-57-65-89(66-58-85)127-71-47-39-35-31-27-23-19-15-11-7-3)86-59-67-90(68-60-86)128-72-48-40-36-32-28-24-20-16-12-8-4/h41-44,49-68,73-76,81,101H,5-40,45-48,69-72H2,1-4H3/b97-73-,98-74-. The van der Waals surface area contributed by atoms with Crippen LogP contribution in [0.3, 0.4) is 0 Å². The van der Waals surface area contributed by atoms with E-state index in [0.29, 0.717) is 65.4 Å². The number of thiophene rings is 6. The monoisotopic (exact) mass is 1890 g/mol. The van der Waals surface area contributed by atoms with Gasteiger partial charge in [-0.1, -0.05) is 356 Å².